The van der Waals surface area contributed by atoms with Crippen molar-refractivity contribution in [3.05, 3.63) is 98.6 Å². The van der Waals surface area contributed by atoms with E-state index in [0.717, 1.165) is 29.9 Å². The highest BCUT2D eigenvalue weighted by Crippen LogP contribution is 2.35. The maximum Gasteiger partial charge on any atom is 0.282 e. The molecule has 4 rings (SSSR count). The average molecular weight is 465 g/mol. The summed E-state index contributed by atoms with van der Waals surface area (Å²) in [7, 11) is 3.97. The van der Waals surface area contributed by atoms with Crippen molar-refractivity contribution in [1.29, 1.82) is 0 Å². The van der Waals surface area contributed by atoms with E-state index in [0.29, 0.717) is 0 Å². The number of halogens is 1. The van der Waals surface area contributed by atoms with Crippen LogP contribution < -0.4 is 15.1 Å². The highest BCUT2D eigenvalue weighted by Gasteiger charge is 2.28. The van der Waals surface area contributed by atoms with Crippen LogP contribution in [0.15, 0.2) is 66.7 Å². The number of rotatable bonds is 7. The van der Waals surface area contributed by atoms with Crippen LogP contribution >= 0.6 is 11.6 Å². The van der Waals surface area contributed by atoms with Crippen molar-refractivity contribution in [2.24, 2.45) is 0 Å². The normalized spacial score (nSPS) is 13.4. The minimum absolute atomic E-state index is 0.0453. The van der Waals surface area contributed by atoms with E-state index in [1.807, 2.05) is 43.3 Å². The van der Waals surface area contributed by atoms with Crippen molar-refractivity contribution in [3.8, 4) is 0 Å². The second-order valence-electron chi connectivity index (χ2n) is 8.20. The standard InChI is InChI=1S/C25H25ClN4O3/c1-28(2)20-10-7-18(8-11-20)24(29-14-13-17-5-3-4-6-22(17)29)16-27-25(31)21-15-19(26)9-12-23(21)30(32)33/h3-12,15,24H,13-14,16H2,1-2H3,(H,27,31). The zero-order valence-corrected chi connectivity index (χ0v) is 19.2. The molecule has 1 N–H and O–H groups in total. The molecule has 0 fully saturated rings. The van der Waals surface area contributed by atoms with Crippen molar-refractivity contribution < 1.29 is 9.72 Å². The summed E-state index contributed by atoms with van der Waals surface area (Å²) in [6.07, 6.45) is 0.927. The number of hydrogen-bond donors (Lipinski definition) is 1. The van der Waals surface area contributed by atoms with E-state index in [1.54, 1.807) is 0 Å². The third kappa shape index (κ3) is 4.78. The Bertz CT molecular complexity index is 1180. The Morgan fingerprint density at radius 2 is 1.88 bits per heavy atom. The molecule has 3 aromatic carbocycles. The number of carbonyl (C=O) groups excluding carboxylic acids is 1. The molecule has 0 spiro atoms. The quantitative estimate of drug-likeness (QED) is 0.399. The SMILES string of the molecule is CN(C)c1ccc(C(CNC(=O)c2cc(Cl)ccc2[N+](=O)[O-])N2CCc3ccccc32)cc1. The maximum absolute atomic E-state index is 13.0. The minimum Gasteiger partial charge on any atom is -0.378 e. The third-order valence-electron chi connectivity index (χ3n) is 5.95. The largest absolute Gasteiger partial charge is 0.378 e. The molecule has 1 unspecified atom stereocenters. The lowest BCUT2D eigenvalue weighted by Gasteiger charge is -2.31. The second-order valence-corrected chi connectivity index (χ2v) is 8.64. The molecule has 7 nitrogen and oxygen atoms in total. The number of nitrogens with zero attached hydrogens (tertiary/aromatic N) is 3. The summed E-state index contributed by atoms with van der Waals surface area (Å²) in [4.78, 5) is 28.1. The summed E-state index contributed by atoms with van der Waals surface area (Å²) in [6.45, 7) is 1.12. The number of benzene rings is 3. The monoisotopic (exact) mass is 464 g/mol. The predicted octanol–water partition coefficient (Wildman–Crippen LogP) is 4.85. The van der Waals surface area contributed by atoms with Gasteiger partial charge >= 0.3 is 0 Å². The van der Waals surface area contributed by atoms with Gasteiger partial charge in [0.1, 0.15) is 5.56 Å². The third-order valence-corrected chi connectivity index (χ3v) is 6.18. The fourth-order valence-corrected chi connectivity index (χ4v) is 4.40. The fraction of sp³-hybridized carbons (Fsp3) is 0.240. The molecule has 0 bridgehead atoms. The van der Waals surface area contributed by atoms with Crippen LogP contribution in [0.5, 0.6) is 0 Å². The second kappa shape index (κ2) is 9.50. The van der Waals surface area contributed by atoms with Gasteiger partial charge in [0.2, 0.25) is 0 Å². The number of nitro benzene ring substituents is 1. The van der Waals surface area contributed by atoms with Gasteiger partial charge in [-0.05, 0) is 47.9 Å². The molecular weight excluding hydrogens is 440 g/mol. The molecule has 1 atom stereocenters. The van der Waals surface area contributed by atoms with E-state index in [2.05, 4.69) is 34.5 Å². The maximum atomic E-state index is 13.0. The van der Waals surface area contributed by atoms with E-state index in [4.69, 9.17) is 11.6 Å². The number of nitrogens with one attached hydrogen (secondary N) is 1. The first kappa shape index (κ1) is 22.6. The number of nitro groups is 1. The van der Waals surface area contributed by atoms with Gasteiger partial charge in [0.25, 0.3) is 11.6 Å². The molecule has 3 aromatic rings. The van der Waals surface area contributed by atoms with E-state index in [-0.39, 0.29) is 28.9 Å². The van der Waals surface area contributed by atoms with Crippen molar-refractivity contribution in [2.75, 3.05) is 37.0 Å². The van der Waals surface area contributed by atoms with Crippen molar-refractivity contribution in [2.45, 2.75) is 12.5 Å². The summed E-state index contributed by atoms with van der Waals surface area (Å²) in [5, 5.41) is 14.6. The van der Waals surface area contributed by atoms with Gasteiger partial charge in [0.05, 0.1) is 11.0 Å². The first-order valence-electron chi connectivity index (χ1n) is 10.7. The Kier molecular flexibility index (Phi) is 6.51. The zero-order valence-electron chi connectivity index (χ0n) is 18.5. The van der Waals surface area contributed by atoms with Crippen molar-refractivity contribution in [1.82, 2.24) is 5.32 Å². The van der Waals surface area contributed by atoms with E-state index in [9.17, 15) is 14.9 Å². The van der Waals surface area contributed by atoms with Gasteiger partial charge in [0.15, 0.2) is 0 Å². The summed E-state index contributed by atoms with van der Waals surface area (Å²) in [6, 6.07) is 20.3. The molecule has 0 aromatic heterocycles. The Labute approximate surface area is 197 Å². The molecule has 1 heterocycles. The van der Waals surface area contributed by atoms with Gasteiger partial charge < -0.3 is 15.1 Å². The number of carbonyl (C=O) groups is 1. The first-order valence-corrected chi connectivity index (χ1v) is 11.1. The van der Waals surface area contributed by atoms with Crippen LogP contribution in [0.3, 0.4) is 0 Å². The van der Waals surface area contributed by atoms with Crippen LogP contribution in [-0.2, 0) is 6.42 Å². The molecule has 0 saturated heterocycles. The number of hydrogen-bond acceptors (Lipinski definition) is 5. The smallest absolute Gasteiger partial charge is 0.282 e. The molecular formula is C25H25ClN4O3. The average Bonchev–Trinajstić information content (AvgIpc) is 3.23. The van der Waals surface area contributed by atoms with Crippen LogP contribution in [0, 0.1) is 10.1 Å². The lowest BCUT2D eigenvalue weighted by molar-refractivity contribution is -0.385. The minimum atomic E-state index is -0.570. The Balaban J connectivity index is 1.63. The van der Waals surface area contributed by atoms with Crippen LogP contribution in [0.25, 0.3) is 0 Å². The van der Waals surface area contributed by atoms with Crippen molar-refractivity contribution >= 4 is 34.6 Å². The molecule has 1 amide bonds. The molecule has 1 aliphatic rings. The van der Waals surface area contributed by atoms with E-state index < -0.39 is 10.8 Å². The molecule has 1 aliphatic heterocycles. The topological polar surface area (TPSA) is 78.7 Å². The summed E-state index contributed by atoms with van der Waals surface area (Å²) in [5.41, 5.74) is 4.23. The molecule has 33 heavy (non-hydrogen) atoms. The number of para-hydroxylation sites is 1. The Morgan fingerprint density at radius 1 is 1.15 bits per heavy atom. The van der Waals surface area contributed by atoms with E-state index >= 15 is 0 Å². The highest BCUT2D eigenvalue weighted by atomic mass is 35.5. The van der Waals surface area contributed by atoms with Gasteiger partial charge in [0, 0.05) is 49.6 Å². The summed E-state index contributed by atoms with van der Waals surface area (Å²) >= 11 is 6.01. The summed E-state index contributed by atoms with van der Waals surface area (Å²) < 4.78 is 0. The van der Waals surface area contributed by atoms with Gasteiger partial charge in [-0.2, -0.15) is 0 Å². The predicted molar refractivity (Wildman–Crippen MR) is 131 cm³/mol. The van der Waals surface area contributed by atoms with Gasteiger partial charge in [-0.15, -0.1) is 0 Å². The van der Waals surface area contributed by atoms with Gasteiger partial charge in [-0.25, -0.2) is 0 Å². The van der Waals surface area contributed by atoms with E-state index in [1.165, 1.54) is 23.8 Å². The number of anilines is 2. The molecule has 0 saturated carbocycles. The van der Waals surface area contributed by atoms with Crippen LogP contribution in [0.2, 0.25) is 5.02 Å². The number of fused-ring (bicyclic) bond motifs is 1. The summed E-state index contributed by atoms with van der Waals surface area (Å²) in [5.74, 6) is -0.522. The van der Waals surface area contributed by atoms with Gasteiger partial charge in [-0.1, -0.05) is 41.9 Å². The molecule has 8 heteroatoms. The zero-order chi connectivity index (χ0) is 23.5. The Hall–Kier alpha value is -3.58. The first-order chi connectivity index (χ1) is 15.8. The van der Waals surface area contributed by atoms with Crippen LogP contribution in [0.1, 0.15) is 27.5 Å². The molecule has 0 aliphatic carbocycles. The number of amides is 1. The lowest BCUT2D eigenvalue weighted by atomic mass is 10.0. The molecule has 170 valence electrons. The van der Waals surface area contributed by atoms with Crippen LogP contribution in [0.4, 0.5) is 17.1 Å². The van der Waals surface area contributed by atoms with Crippen molar-refractivity contribution in [3.63, 3.8) is 0 Å². The lowest BCUT2D eigenvalue weighted by Crippen LogP contribution is -2.37. The fourth-order valence-electron chi connectivity index (χ4n) is 4.22. The highest BCUT2D eigenvalue weighted by molar-refractivity contribution is 6.31. The van der Waals surface area contributed by atoms with Gasteiger partial charge in [-0.3, -0.25) is 14.9 Å². The van der Waals surface area contributed by atoms with Crippen LogP contribution in [-0.4, -0.2) is 38.0 Å². The molecule has 0 radical (unpaired) electrons. The Morgan fingerprint density at radius 3 is 2.58 bits per heavy atom.